The second-order valence-electron chi connectivity index (χ2n) is 4.06. The molecule has 0 saturated carbocycles. The predicted octanol–water partition coefficient (Wildman–Crippen LogP) is 3.25. The molecule has 0 unspecified atom stereocenters. The minimum atomic E-state index is 0.127. The van der Waals surface area contributed by atoms with Gasteiger partial charge in [-0.25, -0.2) is 4.99 Å². The number of benzene rings is 2. The van der Waals surface area contributed by atoms with E-state index in [0.29, 0.717) is 17.0 Å². The first-order valence-electron chi connectivity index (χ1n) is 5.63. The molecule has 0 aliphatic heterocycles. The average Bonchev–Trinajstić information content (AvgIpc) is 2.77. The van der Waals surface area contributed by atoms with Gasteiger partial charge >= 0.3 is 0 Å². The van der Waals surface area contributed by atoms with E-state index >= 15 is 0 Å². The monoisotopic (exact) mass is 237 g/mol. The number of aromatic hydroxyl groups is 2. The summed E-state index contributed by atoms with van der Waals surface area (Å²) in [6, 6.07) is 12.2. The number of aliphatic imine (C=N–C) groups is 1. The third-order valence-corrected chi connectivity index (χ3v) is 2.87. The SMILES string of the molecule is Oc1ccccc1N=C1C=Cc2cccc(O)c21. The first kappa shape index (κ1) is 10.6. The number of nitrogens with zero attached hydrogens (tertiary/aromatic N) is 1. The summed E-state index contributed by atoms with van der Waals surface area (Å²) in [6.07, 6.45) is 3.73. The largest absolute Gasteiger partial charge is 0.507 e. The van der Waals surface area contributed by atoms with Gasteiger partial charge in [-0.15, -0.1) is 0 Å². The van der Waals surface area contributed by atoms with Crippen molar-refractivity contribution in [2.24, 2.45) is 4.99 Å². The van der Waals surface area contributed by atoms with Crippen LogP contribution in [-0.4, -0.2) is 15.9 Å². The molecule has 3 heteroatoms. The van der Waals surface area contributed by atoms with Crippen molar-refractivity contribution in [3.05, 3.63) is 59.7 Å². The zero-order valence-electron chi connectivity index (χ0n) is 9.54. The summed E-state index contributed by atoms with van der Waals surface area (Å²) in [5.41, 5.74) is 2.79. The molecule has 0 spiro atoms. The van der Waals surface area contributed by atoms with Gasteiger partial charge in [0.25, 0.3) is 0 Å². The van der Waals surface area contributed by atoms with E-state index in [-0.39, 0.29) is 11.5 Å². The van der Waals surface area contributed by atoms with E-state index in [1.807, 2.05) is 24.3 Å². The van der Waals surface area contributed by atoms with Gasteiger partial charge in [0.2, 0.25) is 0 Å². The maximum Gasteiger partial charge on any atom is 0.141 e. The van der Waals surface area contributed by atoms with Crippen molar-refractivity contribution in [1.29, 1.82) is 0 Å². The van der Waals surface area contributed by atoms with E-state index in [0.717, 1.165) is 5.56 Å². The molecule has 18 heavy (non-hydrogen) atoms. The van der Waals surface area contributed by atoms with Crippen molar-refractivity contribution < 1.29 is 10.2 Å². The Bertz CT molecular complexity index is 672. The third-order valence-electron chi connectivity index (χ3n) is 2.87. The van der Waals surface area contributed by atoms with E-state index in [4.69, 9.17) is 0 Å². The van der Waals surface area contributed by atoms with E-state index in [2.05, 4.69) is 4.99 Å². The van der Waals surface area contributed by atoms with Crippen LogP contribution in [0.1, 0.15) is 11.1 Å². The molecular formula is C15H11NO2. The molecule has 1 aliphatic rings. The van der Waals surface area contributed by atoms with Crippen LogP contribution in [0.2, 0.25) is 0 Å². The van der Waals surface area contributed by atoms with Gasteiger partial charge in [0.1, 0.15) is 17.2 Å². The van der Waals surface area contributed by atoms with Gasteiger partial charge in [-0.05, 0) is 29.8 Å². The zero-order chi connectivity index (χ0) is 12.5. The maximum absolute atomic E-state index is 9.87. The second-order valence-corrected chi connectivity index (χ2v) is 4.06. The average molecular weight is 237 g/mol. The number of rotatable bonds is 1. The lowest BCUT2D eigenvalue weighted by molar-refractivity contribution is 0.473. The Morgan fingerprint density at radius 1 is 0.778 bits per heavy atom. The van der Waals surface area contributed by atoms with Crippen LogP contribution in [-0.2, 0) is 0 Å². The number of hydrogen-bond acceptors (Lipinski definition) is 3. The highest BCUT2D eigenvalue weighted by atomic mass is 16.3. The molecule has 0 saturated heterocycles. The Balaban J connectivity index is 2.13. The number of hydrogen-bond donors (Lipinski definition) is 2. The van der Waals surface area contributed by atoms with Crippen LogP contribution in [0.15, 0.2) is 53.5 Å². The Morgan fingerprint density at radius 3 is 2.39 bits per heavy atom. The molecule has 1 aliphatic carbocycles. The summed E-state index contributed by atoms with van der Waals surface area (Å²) in [5, 5.41) is 19.6. The number of phenols is 2. The van der Waals surface area contributed by atoms with Crippen LogP contribution in [0.3, 0.4) is 0 Å². The summed E-state index contributed by atoms with van der Waals surface area (Å²) in [7, 11) is 0. The molecule has 2 aromatic carbocycles. The fourth-order valence-corrected chi connectivity index (χ4v) is 2.01. The van der Waals surface area contributed by atoms with Crippen molar-refractivity contribution in [2.45, 2.75) is 0 Å². The molecule has 2 N–H and O–H groups in total. The summed E-state index contributed by atoms with van der Waals surface area (Å²) in [5.74, 6) is 0.328. The van der Waals surface area contributed by atoms with Gasteiger partial charge in [-0.3, -0.25) is 0 Å². The first-order chi connectivity index (χ1) is 8.75. The van der Waals surface area contributed by atoms with Gasteiger partial charge in [0.15, 0.2) is 0 Å². The number of para-hydroxylation sites is 2. The van der Waals surface area contributed by atoms with Crippen LogP contribution in [0.25, 0.3) is 6.08 Å². The van der Waals surface area contributed by atoms with Crippen molar-refractivity contribution in [3.8, 4) is 11.5 Å². The Hall–Kier alpha value is -2.55. The van der Waals surface area contributed by atoms with Crippen molar-refractivity contribution in [2.75, 3.05) is 0 Å². The van der Waals surface area contributed by atoms with E-state index in [1.54, 1.807) is 30.3 Å². The first-order valence-corrected chi connectivity index (χ1v) is 5.63. The van der Waals surface area contributed by atoms with Gasteiger partial charge in [-0.1, -0.05) is 30.3 Å². The lowest BCUT2D eigenvalue weighted by Crippen LogP contribution is -1.94. The molecule has 0 aromatic heterocycles. The number of fused-ring (bicyclic) bond motifs is 1. The smallest absolute Gasteiger partial charge is 0.141 e. The lowest BCUT2D eigenvalue weighted by atomic mass is 10.1. The van der Waals surface area contributed by atoms with Crippen LogP contribution < -0.4 is 0 Å². The standard InChI is InChI=1S/C15H11NO2/c17-13-6-2-1-5-11(13)16-12-9-8-10-4-3-7-14(18)15(10)12/h1-9,17-18H. The van der Waals surface area contributed by atoms with Crippen LogP contribution in [0, 0.1) is 0 Å². The summed E-state index contributed by atoms with van der Waals surface area (Å²) >= 11 is 0. The number of allylic oxidation sites excluding steroid dienone is 1. The molecule has 0 heterocycles. The summed E-state index contributed by atoms with van der Waals surface area (Å²) < 4.78 is 0. The Morgan fingerprint density at radius 2 is 1.56 bits per heavy atom. The molecular weight excluding hydrogens is 226 g/mol. The molecule has 88 valence electrons. The van der Waals surface area contributed by atoms with Gasteiger partial charge < -0.3 is 10.2 Å². The lowest BCUT2D eigenvalue weighted by Gasteiger charge is -2.04. The second kappa shape index (κ2) is 4.04. The molecule has 0 amide bonds. The van der Waals surface area contributed by atoms with Crippen LogP contribution in [0.5, 0.6) is 11.5 Å². The molecule has 2 aromatic rings. The van der Waals surface area contributed by atoms with Crippen molar-refractivity contribution >= 4 is 17.5 Å². The highest BCUT2D eigenvalue weighted by Gasteiger charge is 2.16. The fraction of sp³-hybridized carbons (Fsp3) is 0. The zero-order valence-corrected chi connectivity index (χ0v) is 9.54. The topological polar surface area (TPSA) is 52.8 Å². The summed E-state index contributed by atoms with van der Waals surface area (Å²) in [4.78, 5) is 4.38. The van der Waals surface area contributed by atoms with Gasteiger partial charge in [-0.2, -0.15) is 0 Å². The minimum absolute atomic E-state index is 0.127. The third kappa shape index (κ3) is 1.66. The molecule has 3 nitrogen and oxygen atoms in total. The van der Waals surface area contributed by atoms with Crippen LogP contribution >= 0.6 is 0 Å². The normalized spacial score (nSPS) is 15.0. The molecule has 0 atom stereocenters. The van der Waals surface area contributed by atoms with Crippen molar-refractivity contribution in [1.82, 2.24) is 0 Å². The van der Waals surface area contributed by atoms with Crippen molar-refractivity contribution in [3.63, 3.8) is 0 Å². The van der Waals surface area contributed by atoms with Crippen LogP contribution in [0.4, 0.5) is 5.69 Å². The minimum Gasteiger partial charge on any atom is -0.507 e. The molecule has 0 bridgehead atoms. The molecule has 3 rings (SSSR count). The Kier molecular flexibility index (Phi) is 2.38. The highest BCUT2D eigenvalue weighted by molar-refractivity contribution is 6.19. The Labute approximate surface area is 104 Å². The van der Waals surface area contributed by atoms with Gasteiger partial charge in [0, 0.05) is 5.56 Å². The molecule has 0 fully saturated rings. The highest BCUT2D eigenvalue weighted by Crippen LogP contribution is 2.32. The molecule has 0 radical (unpaired) electrons. The van der Waals surface area contributed by atoms with E-state index in [1.165, 1.54) is 0 Å². The quantitative estimate of drug-likeness (QED) is 0.799. The fourth-order valence-electron chi connectivity index (χ4n) is 2.01. The predicted molar refractivity (Wildman–Crippen MR) is 71.4 cm³/mol. The maximum atomic E-state index is 9.87. The van der Waals surface area contributed by atoms with Gasteiger partial charge in [0.05, 0.1) is 5.71 Å². The number of phenolic OH excluding ortho intramolecular Hbond substituents is 2. The summed E-state index contributed by atoms with van der Waals surface area (Å²) in [6.45, 7) is 0. The van der Waals surface area contributed by atoms with E-state index in [9.17, 15) is 10.2 Å². The van der Waals surface area contributed by atoms with E-state index < -0.39 is 0 Å².